The lowest BCUT2D eigenvalue weighted by atomic mass is 9.63. The molecule has 0 spiro atoms. The summed E-state index contributed by atoms with van der Waals surface area (Å²) in [7, 11) is 0. The molecular weight excluding hydrogens is 549 g/mol. The molecule has 2 aromatic rings. The molecule has 0 saturated heterocycles. The molecule has 0 aromatic heterocycles. The van der Waals surface area contributed by atoms with Crippen LogP contribution in [0.3, 0.4) is 0 Å². The zero-order valence-corrected chi connectivity index (χ0v) is 24.7. The number of hydrogen-bond acceptors (Lipinski definition) is 5. The summed E-state index contributed by atoms with van der Waals surface area (Å²) in [5.74, 6) is -1.25. The first kappa shape index (κ1) is 28.4. The molecule has 0 unspecified atom stereocenters. The number of halogens is 2. The van der Waals surface area contributed by atoms with Gasteiger partial charge in [-0.2, -0.15) is 0 Å². The molecule has 1 heterocycles. The zero-order chi connectivity index (χ0) is 29.0. The molecule has 1 aliphatic heterocycles. The van der Waals surface area contributed by atoms with Crippen molar-refractivity contribution in [3.63, 3.8) is 0 Å². The lowest BCUT2D eigenvalue weighted by Crippen LogP contribution is -2.45. The fourth-order valence-corrected chi connectivity index (χ4v) is 6.63. The van der Waals surface area contributed by atoms with Crippen molar-refractivity contribution in [3.8, 4) is 5.75 Å². The fourth-order valence-electron chi connectivity index (χ4n) is 6.26. The molecule has 0 saturated carbocycles. The highest BCUT2D eigenvalue weighted by molar-refractivity contribution is 6.32. The number of ether oxygens (including phenoxy) is 1. The predicted molar refractivity (Wildman–Crippen MR) is 154 cm³/mol. The third-order valence-electron chi connectivity index (χ3n) is 7.91. The minimum atomic E-state index is -1.01. The van der Waals surface area contributed by atoms with E-state index in [1.165, 1.54) is 0 Å². The van der Waals surface area contributed by atoms with Crippen LogP contribution in [0.15, 0.2) is 65.0 Å². The van der Waals surface area contributed by atoms with Crippen LogP contribution in [0.4, 0.5) is 0 Å². The van der Waals surface area contributed by atoms with Gasteiger partial charge in [-0.25, -0.2) is 0 Å². The molecule has 0 bridgehead atoms. The minimum Gasteiger partial charge on any atom is -0.487 e. The highest BCUT2D eigenvalue weighted by Gasteiger charge is 2.49. The van der Waals surface area contributed by atoms with Crippen LogP contribution < -0.4 is 4.74 Å². The van der Waals surface area contributed by atoms with Crippen LogP contribution >= 0.6 is 23.2 Å². The summed E-state index contributed by atoms with van der Waals surface area (Å²) in [6, 6.07) is 12.7. The van der Waals surface area contributed by atoms with Crippen LogP contribution in [0.25, 0.3) is 0 Å². The first-order valence-electron chi connectivity index (χ1n) is 13.4. The van der Waals surface area contributed by atoms with Crippen molar-refractivity contribution in [1.82, 2.24) is 4.90 Å². The van der Waals surface area contributed by atoms with E-state index in [1.807, 2.05) is 45.9 Å². The largest absolute Gasteiger partial charge is 0.487 e. The maximum atomic E-state index is 13.8. The van der Waals surface area contributed by atoms with E-state index in [1.54, 1.807) is 29.2 Å². The van der Waals surface area contributed by atoms with Crippen molar-refractivity contribution >= 4 is 40.7 Å². The Morgan fingerprint density at radius 2 is 1.45 bits per heavy atom. The average molecular weight is 583 g/mol. The number of nitrogens with zero attached hydrogens (tertiary/aromatic N) is 1. The second kappa shape index (κ2) is 10.4. The van der Waals surface area contributed by atoms with Gasteiger partial charge in [-0.3, -0.25) is 14.4 Å². The number of carboxylic acids is 1. The number of carbonyl (C=O) groups excluding carboxylic acids is 2. The van der Waals surface area contributed by atoms with Crippen molar-refractivity contribution < 1.29 is 24.2 Å². The monoisotopic (exact) mass is 581 g/mol. The normalized spacial score (nSPS) is 20.4. The van der Waals surface area contributed by atoms with Crippen molar-refractivity contribution in [1.29, 1.82) is 0 Å². The van der Waals surface area contributed by atoms with Gasteiger partial charge in [0, 0.05) is 46.3 Å². The highest BCUT2D eigenvalue weighted by Crippen LogP contribution is 2.54. The molecule has 6 nitrogen and oxygen atoms in total. The third-order valence-corrected chi connectivity index (χ3v) is 8.46. The molecular formula is C32H33Cl2NO5. The van der Waals surface area contributed by atoms with Gasteiger partial charge in [0.25, 0.3) is 0 Å². The van der Waals surface area contributed by atoms with Crippen LogP contribution in [-0.4, -0.2) is 34.1 Å². The molecule has 8 heteroatoms. The summed E-state index contributed by atoms with van der Waals surface area (Å²) in [4.78, 5) is 41.3. The molecule has 3 aliphatic rings. The van der Waals surface area contributed by atoms with Crippen LogP contribution in [0, 0.1) is 10.8 Å². The Labute approximate surface area is 244 Å². The van der Waals surface area contributed by atoms with E-state index in [4.69, 9.17) is 27.9 Å². The lowest BCUT2D eigenvalue weighted by Gasteiger charge is -2.48. The van der Waals surface area contributed by atoms with Crippen molar-refractivity contribution in [2.75, 3.05) is 6.54 Å². The van der Waals surface area contributed by atoms with Gasteiger partial charge in [0.05, 0.1) is 5.02 Å². The Hall–Kier alpha value is -3.09. The third kappa shape index (κ3) is 5.57. The van der Waals surface area contributed by atoms with E-state index >= 15 is 0 Å². The molecule has 2 aromatic carbocycles. The summed E-state index contributed by atoms with van der Waals surface area (Å²) < 4.78 is 5.97. The second-order valence-electron chi connectivity index (χ2n) is 12.6. The summed E-state index contributed by atoms with van der Waals surface area (Å²) in [6.07, 6.45) is 1.72. The number of benzene rings is 2. The maximum Gasteiger partial charge on any atom is 0.323 e. The van der Waals surface area contributed by atoms with Gasteiger partial charge >= 0.3 is 5.97 Å². The lowest BCUT2D eigenvalue weighted by molar-refractivity contribution is -0.138. The Balaban J connectivity index is 1.60. The van der Waals surface area contributed by atoms with E-state index in [-0.39, 0.29) is 28.9 Å². The molecule has 40 heavy (non-hydrogen) atoms. The molecule has 0 radical (unpaired) electrons. The second-order valence-corrected chi connectivity index (χ2v) is 13.5. The summed E-state index contributed by atoms with van der Waals surface area (Å²) in [5, 5.41) is 10.9. The number of Topliss-reactive ketones (excluding diaryl/α,β-unsaturated/α-hetero) is 2. The van der Waals surface area contributed by atoms with Crippen LogP contribution in [0.5, 0.6) is 5.75 Å². The fraction of sp³-hybridized carbons (Fsp3) is 0.406. The molecule has 2 aliphatic carbocycles. The summed E-state index contributed by atoms with van der Waals surface area (Å²) >= 11 is 12.7. The van der Waals surface area contributed by atoms with Gasteiger partial charge in [0.1, 0.15) is 18.9 Å². The molecule has 5 rings (SSSR count). The molecule has 0 atom stereocenters. The average Bonchev–Trinajstić information content (AvgIpc) is 2.83. The first-order chi connectivity index (χ1) is 18.7. The van der Waals surface area contributed by atoms with E-state index in [0.29, 0.717) is 70.6 Å². The van der Waals surface area contributed by atoms with Gasteiger partial charge in [0.15, 0.2) is 11.6 Å². The van der Waals surface area contributed by atoms with Gasteiger partial charge in [0.2, 0.25) is 0 Å². The zero-order valence-electron chi connectivity index (χ0n) is 23.1. The number of carbonyl (C=O) groups is 3. The van der Waals surface area contributed by atoms with Crippen molar-refractivity contribution in [2.24, 2.45) is 10.8 Å². The Morgan fingerprint density at radius 1 is 0.900 bits per heavy atom. The predicted octanol–water partition coefficient (Wildman–Crippen LogP) is 7.34. The minimum absolute atomic E-state index is 0.0602. The number of rotatable bonds is 6. The van der Waals surface area contributed by atoms with Crippen LogP contribution in [-0.2, 0) is 21.0 Å². The Kier molecular flexibility index (Phi) is 7.38. The highest BCUT2D eigenvalue weighted by atomic mass is 35.5. The molecule has 0 fully saturated rings. The standard InChI is InChI=1S/C32H33Cl2NO5/c1-31(2)12-22-29(24(36)14-31)28(30-23(35(22)16-27(38)39)13-32(3,4)15-25(30)37)19-7-10-26(21(34)11-19)40-17-18-5-8-20(33)9-6-18/h5-11,28H,12-17H2,1-4H3,(H,38,39). The first-order valence-corrected chi connectivity index (χ1v) is 14.2. The summed E-state index contributed by atoms with van der Waals surface area (Å²) in [6.45, 7) is 8.08. The SMILES string of the molecule is CC1(C)CC(=O)C2=C(C1)N(CC(=O)O)C1=C(C(=O)CC(C)(C)C1)C2c1ccc(OCc2ccc(Cl)cc2)c(Cl)c1. The number of allylic oxidation sites excluding steroid dienone is 4. The summed E-state index contributed by atoms with van der Waals surface area (Å²) in [5.41, 5.74) is 3.43. The molecule has 1 N–H and O–H groups in total. The van der Waals surface area contributed by atoms with E-state index in [0.717, 1.165) is 11.1 Å². The van der Waals surface area contributed by atoms with E-state index in [9.17, 15) is 19.5 Å². The quantitative estimate of drug-likeness (QED) is 0.384. The number of hydrogen-bond donors (Lipinski definition) is 1. The van der Waals surface area contributed by atoms with Gasteiger partial charge < -0.3 is 14.7 Å². The topological polar surface area (TPSA) is 83.9 Å². The Morgan fingerprint density at radius 3 is 1.95 bits per heavy atom. The van der Waals surface area contributed by atoms with Gasteiger partial charge in [-0.1, -0.05) is 69.1 Å². The molecule has 0 amide bonds. The van der Waals surface area contributed by atoms with Gasteiger partial charge in [-0.15, -0.1) is 0 Å². The van der Waals surface area contributed by atoms with Crippen LogP contribution in [0.1, 0.15) is 70.4 Å². The van der Waals surface area contributed by atoms with E-state index < -0.39 is 11.9 Å². The smallest absolute Gasteiger partial charge is 0.323 e. The Bertz CT molecular complexity index is 1410. The number of aliphatic carboxylic acids is 1. The number of carboxylic acid groups (broad SMARTS) is 1. The van der Waals surface area contributed by atoms with Crippen LogP contribution in [0.2, 0.25) is 10.0 Å². The van der Waals surface area contributed by atoms with Crippen molar-refractivity contribution in [3.05, 3.63) is 86.2 Å². The maximum absolute atomic E-state index is 13.8. The van der Waals surface area contributed by atoms with Crippen molar-refractivity contribution in [2.45, 2.75) is 65.9 Å². The molecule has 210 valence electrons. The van der Waals surface area contributed by atoms with E-state index in [2.05, 4.69) is 0 Å². The van der Waals surface area contributed by atoms with Gasteiger partial charge in [-0.05, 0) is 59.1 Å². The number of ketones is 2.